The van der Waals surface area contributed by atoms with Gasteiger partial charge in [0.25, 0.3) is 5.91 Å². The quantitative estimate of drug-likeness (QED) is 0.708. The van der Waals surface area contributed by atoms with E-state index >= 15 is 0 Å². The van der Waals surface area contributed by atoms with Crippen LogP contribution in [0.4, 0.5) is 6.01 Å². The molecule has 0 aliphatic carbocycles. The molecule has 0 spiro atoms. The molecule has 3 rings (SSSR count). The molecule has 1 amide bonds. The molecular formula is C17H22N4O6S2. The molecule has 2 heterocycles. The van der Waals surface area contributed by atoms with Crippen molar-refractivity contribution in [2.24, 2.45) is 0 Å². The number of anilines is 1. The van der Waals surface area contributed by atoms with Gasteiger partial charge in [-0.3, -0.25) is 10.1 Å². The number of aromatic nitrogens is 2. The van der Waals surface area contributed by atoms with E-state index in [4.69, 9.17) is 4.42 Å². The molecule has 1 aromatic heterocycles. The van der Waals surface area contributed by atoms with Crippen LogP contribution in [0, 0.1) is 0 Å². The monoisotopic (exact) mass is 442 g/mol. The normalized spacial score (nSPS) is 18.5. The van der Waals surface area contributed by atoms with Crippen LogP contribution in [0.5, 0.6) is 0 Å². The Morgan fingerprint density at radius 1 is 1.17 bits per heavy atom. The van der Waals surface area contributed by atoms with E-state index in [1.165, 1.54) is 28.6 Å². The number of sulfone groups is 1. The van der Waals surface area contributed by atoms with E-state index < -0.39 is 31.5 Å². The Balaban J connectivity index is 1.70. The number of sulfonamides is 1. The molecule has 1 fully saturated rings. The largest absolute Gasteiger partial charge is 0.407 e. The number of carbonyl (C=O) groups is 1. The van der Waals surface area contributed by atoms with Gasteiger partial charge in [-0.1, -0.05) is 11.5 Å². The topological polar surface area (TPSA) is 140 Å². The molecule has 158 valence electrons. The van der Waals surface area contributed by atoms with E-state index in [0.29, 0.717) is 6.54 Å². The van der Waals surface area contributed by atoms with Crippen molar-refractivity contribution in [1.82, 2.24) is 14.5 Å². The zero-order valence-corrected chi connectivity index (χ0v) is 17.7. The lowest BCUT2D eigenvalue weighted by molar-refractivity contribution is 0.102. The summed E-state index contributed by atoms with van der Waals surface area (Å²) < 4.78 is 54.7. The summed E-state index contributed by atoms with van der Waals surface area (Å²) in [6.07, 6.45) is 3.68. The Morgan fingerprint density at radius 2 is 1.86 bits per heavy atom. The maximum atomic E-state index is 12.8. The molecule has 1 aromatic carbocycles. The SMILES string of the molecule is CC1CCCCN1S(=O)(=O)c1ccc(C(=O)Nc2nnc(CS(C)(=O)=O)o2)cc1. The number of hydrogen-bond acceptors (Lipinski definition) is 8. The Kier molecular flexibility index (Phi) is 6.05. The molecule has 0 radical (unpaired) electrons. The van der Waals surface area contributed by atoms with Crippen LogP contribution in [-0.4, -0.2) is 56.1 Å². The van der Waals surface area contributed by atoms with Gasteiger partial charge in [0.15, 0.2) is 9.84 Å². The van der Waals surface area contributed by atoms with Crippen molar-refractivity contribution in [1.29, 1.82) is 0 Å². The third-order valence-electron chi connectivity index (χ3n) is 4.54. The summed E-state index contributed by atoms with van der Waals surface area (Å²) in [6.45, 7) is 2.37. The van der Waals surface area contributed by atoms with Crippen molar-refractivity contribution in [2.75, 3.05) is 18.1 Å². The summed E-state index contributed by atoms with van der Waals surface area (Å²) in [5.74, 6) is -1.16. The summed E-state index contributed by atoms with van der Waals surface area (Å²) in [5, 5.41) is 9.49. The summed E-state index contributed by atoms with van der Waals surface area (Å²) in [4.78, 5) is 12.4. The first-order valence-electron chi connectivity index (χ1n) is 8.99. The van der Waals surface area contributed by atoms with Crippen LogP contribution in [0.2, 0.25) is 0 Å². The first kappa shape index (κ1) is 21.4. The van der Waals surface area contributed by atoms with Gasteiger partial charge < -0.3 is 4.42 Å². The molecule has 29 heavy (non-hydrogen) atoms. The molecule has 0 saturated carbocycles. The van der Waals surface area contributed by atoms with E-state index in [1.54, 1.807) is 0 Å². The van der Waals surface area contributed by atoms with Crippen molar-refractivity contribution in [3.05, 3.63) is 35.7 Å². The van der Waals surface area contributed by atoms with Crippen molar-refractivity contribution in [2.45, 2.75) is 42.9 Å². The number of nitrogens with one attached hydrogen (secondary N) is 1. The predicted octanol–water partition coefficient (Wildman–Crippen LogP) is 1.43. The molecular weight excluding hydrogens is 420 g/mol. The van der Waals surface area contributed by atoms with Crippen molar-refractivity contribution >= 4 is 31.8 Å². The second kappa shape index (κ2) is 8.20. The van der Waals surface area contributed by atoms with Crippen molar-refractivity contribution < 1.29 is 26.0 Å². The highest BCUT2D eigenvalue weighted by Gasteiger charge is 2.31. The van der Waals surface area contributed by atoms with Crippen LogP contribution in [0.3, 0.4) is 0 Å². The molecule has 1 aliphatic rings. The summed E-state index contributed by atoms with van der Waals surface area (Å²) in [6, 6.07) is 5.25. The molecule has 2 aromatic rings. The highest BCUT2D eigenvalue weighted by atomic mass is 32.2. The summed E-state index contributed by atoms with van der Waals surface area (Å²) in [5.41, 5.74) is 0.193. The molecule has 1 unspecified atom stereocenters. The van der Waals surface area contributed by atoms with Crippen LogP contribution in [0.25, 0.3) is 0 Å². The zero-order chi connectivity index (χ0) is 21.2. The minimum atomic E-state index is -3.62. The predicted molar refractivity (Wildman–Crippen MR) is 104 cm³/mol. The smallest absolute Gasteiger partial charge is 0.322 e. The molecule has 0 bridgehead atoms. The minimum absolute atomic E-state index is 0.0598. The van der Waals surface area contributed by atoms with E-state index in [-0.39, 0.29) is 28.4 Å². The van der Waals surface area contributed by atoms with Gasteiger partial charge in [-0.15, -0.1) is 5.10 Å². The van der Waals surface area contributed by atoms with Gasteiger partial charge in [0.2, 0.25) is 15.9 Å². The fourth-order valence-corrected chi connectivity index (χ4v) is 5.36. The lowest BCUT2D eigenvalue weighted by atomic mass is 10.1. The van der Waals surface area contributed by atoms with Gasteiger partial charge in [-0.25, -0.2) is 16.8 Å². The average Bonchev–Trinajstić information content (AvgIpc) is 3.07. The first-order chi connectivity index (χ1) is 13.6. The summed E-state index contributed by atoms with van der Waals surface area (Å²) >= 11 is 0. The van der Waals surface area contributed by atoms with Gasteiger partial charge in [-0.05, 0) is 44.0 Å². The number of hydrogen-bond donors (Lipinski definition) is 1. The maximum Gasteiger partial charge on any atom is 0.322 e. The number of carbonyl (C=O) groups excluding carboxylic acids is 1. The second-order valence-electron chi connectivity index (χ2n) is 7.01. The number of nitrogens with zero attached hydrogens (tertiary/aromatic N) is 3. The Morgan fingerprint density at radius 3 is 2.48 bits per heavy atom. The van der Waals surface area contributed by atoms with Crippen molar-refractivity contribution in [3.63, 3.8) is 0 Å². The van der Waals surface area contributed by atoms with Crippen molar-refractivity contribution in [3.8, 4) is 0 Å². The molecule has 1 atom stereocenters. The van der Waals surface area contributed by atoms with Gasteiger partial charge in [0.05, 0.1) is 4.90 Å². The Hall–Kier alpha value is -2.31. The number of benzene rings is 1. The molecule has 1 saturated heterocycles. The van der Waals surface area contributed by atoms with Crippen LogP contribution in [0.1, 0.15) is 42.4 Å². The Bertz CT molecular complexity index is 1090. The maximum absolute atomic E-state index is 12.8. The van der Waals surface area contributed by atoms with E-state index in [2.05, 4.69) is 15.5 Å². The standard InChI is InChI=1S/C17H22N4O6S2/c1-12-5-3-4-10-21(12)29(25,26)14-8-6-13(7-9-14)16(22)18-17-20-19-15(27-17)11-28(2,23)24/h6-9,12H,3-5,10-11H2,1-2H3,(H,18,20,22). The van der Waals surface area contributed by atoms with Gasteiger partial charge in [0, 0.05) is 24.4 Å². The number of piperidine rings is 1. The summed E-state index contributed by atoms with van der Waals surface area (Å²) in [7, 11) is -6.97. The molecule has 12 heteroatoms. The highest BCUT2D eigenvalue weighted by Crippen LogP contribution is 2.25. The molecule has 1 N–H and O–H groups in total. The van der Waals surface area contributed by atoms with E-state index in [1.807, 2.05) is 6.92 Å². The van der Waals surface area contributed by atoms with E-state index in [9.17, 15) is 21.6 Å². The third kappa shape index (κ3) is 5.19. The van der Waals surface area contributed by atoms with Gasteiger partial charge in [-0.2, -0.15) is 4.31 Å². The first-order valence-corrected chi connectivity index (χ1v) is 12.5. The average molecular weight is 443 g/mol. The second-order valence-corrected chi connectivity index (χ2v) is 11.0. The third-order valence-corrected chi connectivity index (χ3v) is 7.34. The fourth-order valence-electron chi connectivity index (χ4n) is 3.10. The fraction of sp³-hybridized carbons (Fsp3) is 0.471. The lowest BCUT2D eigenvalue weighted by Gasteiger charge is -2.32. The van der Waals surface area contributed by atoms with Crippen LogP contribution >= 0.6 is 0 Å². The number of rotatable bonds is 6. The minimum Gasteiger partial charge on any atom is -0.407 e. The number of amides is 1. The Labute approximate surface area is 169 Å². The van der Waals surface area contributed by atoms with Crippen LogP contribution < -0.4 is 5.32 Å². The lowest BCUT2D eigenvalue weighted by Crippen LogP contribution is -2.41. The molecule has 10 nitrogen and oxygen atoms in total. The van der Waals surface area contributed by atoms with Crippen LogP contribution in [0.15, 0.2) is 33.6 Å². The zero-order valence-electron chi connectivity index (χ0n) is 16.0. The van der Waals surface area contributed by atoms with Gasteiger partial charge in [0.1, 0.15) is 5.75 Å². The van der Waals surface area contributed by atoms with E-state index in [0.717, 1.165) is 25.5 Å². The van der Waals surface area contributed by atoms with Crippen LogP contribution in [-0.2, 0) is 25.6 Å². The van der Waals surface area contributed by atoms with Gasteiger partial charge >= 0.3 is 6.01 Å². The highest BCUT2D eigenvalue weighted by molar-refractivity contribution is 7.90. The molecule has 1 aliphatic heterocycles.